The van der Waals surface area contributed by atoms with E-state index >= 15 is 0 Å². The second-order valence-corrected chi connectivity index (χ2v) is 9.61. The highest BCUT2D eigenvalue weighted by Crippen LogP contribution is 2.42. The zero-order valence-electron chi connectivity index (χ0n) is 17.3. The summed E-state index contributed by atoms with van der Waals surface area (Å²) in [5.41, 5.74) is 0.370. The number of ether oxygens (including phenoxy) is 1. The Morgan fingerprint density at radius 3 is 2.50 bits per heavy atom. The average Bonchev–Trinajstić information content (AvgIpc) is 2.94. The third-order valence-electron chi connectivity index (χ3n) is 6.49. The molecule has 28 heavy (non-hydrogen) atoms. The Balaban J connectivity index is 1.64. The van der Waals surface area contributed by atoms with Crippen molar-refractivity contribution in [3.63, 3.8) is 0 Å². The summed E-state index contributed by atoms with van der Waals surface area (Å²) in [5, 5.41) is 2.16. The summed E-state index contributed by atoms with van der Waals surface area (Å²) < 4.78 is 19.5. The van der Waals surface area contributed by atoms with Crippen LogP contribution in [0.25, 0.3) is 0 Å². The van der Waals surface area contributed by atoms with E-state index in [2.05, 4.69) is 32.8 Å². The number of hydroxylamine groups is 2. The molecule has 3 aliphatic rings. The zero-order chi connectivity index (χ0) is 20.1. The molecule has 0 aromatic heterocycles. The van der Waals surface area contributed by atoms with Gasteiger partial charge in [-0.25, -0.2) is 9.18 Å². The first kappa shape index (κ1) is 19.6. The minimum absolute atomic E-state index is 0.0815. The van der Waals surface area contributed by atoms with E-state index in [1.165, 1.54) is 18.6 Å². The first-order valence-corrected chi connectivity index (χ1v) is 10.4. The number of hydrogen-bond acceptors (Lipinski definition) is 4. The fourth-order valence-electron chi connectivity index (χ4n) is 5.29. The highest BCUT2D eigenvalue weighted by atomic mass is 19.1. The Kier molecular flexibility index (Phi) is 4.91. The van der Waals surface area contributed by atoms with Crippen LogP contribution in [0.3, 0.4) is 0 Å². The molecule has 3 atom stereocenters. The number of carbonyl (C=O) groups excluding carboxylic acids is 1. The van der Waals surface area contributed by atoms with E-state index in [-0.39, 0.29) is 35.1 Å². The molecule has 4 rings (SSSR count). The number of anilines is 1. The van der Waals surface area contributed by atoms with Crippen LogP contribution in [0.2, 0.25) is 0 Å². The lowest BCUT2D eigenvalue weighted by Gasteiger charge is -2.53. The maximum Gasteiger partial charge on any atom is 0.415 e. The molecule has 0 spiro atoms. The van der Waals surface area contributed by atoms with Crippen molar-refractivity contribution in [1.82, 2.24) is 5.06 Å². The van der Waals surface area contributed by atoms with Gasteiger partial charge in [-0.3, -0.25) is 9.74 Å². The van der Waals surface area contributed by atoms with E-state index < -0.39 is 6.09 Å². The van der Waals surface area contributed by atoms with Gasteiger partial charge in [0.1, 0.15) is 24.1 Å². The molecule has 1 amide bonds. The molecule has 2 heterocycles. The second kappa shape index (κ2) is 6.99. The van der Waals surface area contributed by atoms with Gasteiger partial charge in [0, 0.05) is 11.1 Å². The number of amides is 1. The van der Waals surface area contributed by atoms with Gasteiger partial charge in [-0.1, -0.05) is 6.07 Å². The molecule has 3 fully saturated rings. The van der Waals surface area contributed by atoms with Gasteiger partial charge in [-0.15, -0.1) is 0 Å². The number of rotatable bonds is 3. The molecule has 1 saturated carbocycles. The summed E-state index contributed by atoms with van der Waals surface area (Å²) in [6.07, 6.45) is 5.13. The lowest BCUT2D eigenvalue weighted by atomic mass is 9.82. The maximum atomic E-state index is 13.8. The number of fused-ring (bicyclic) bond motifs is 1. The van der Waals surface area contributed by atoms with Crippen LogP contribution in [-0.4, -0.2) is 40.5 Å². The number of halogens is 1. The first-order valence-electron chi connectivity index (χ1n) is 10.4. The maximum absolute atomic E-state index is 13.8. The Labute approximate surface area is 166 Å². The zero-order valence-corrected chi connectivity index (χ0v) is 17.3. The Morgan fingerprint density at radius 2 is 1.82 bits per heavy atom. The van der Waals surface area contributed by atoms with Gasteiger partial charge in [0.2, 0.25) is 0 Å². The monoisotopic (exact) mass is 390 g/mol. The van der Waals surface area contributed by atoms with Gasteiger partial charge in [-0.05, 0) is 84.4 Å². The summed E-state index contributed by atoms with van der Waals surface area (Å²) in [6, 6.07) is 5.92. The number of benzene rings is 1. The fraction of sp³-hybridized carbons (Fsp3) is 0.682. The van der Waals surface area contributed by atoms with Gasteiger partial charge in [0.05, 0.1) is 5.69 Å². The molecular weight excluding hydrogens is 359 g/mol. The van der Waals surface area contributed by atoms with Gasteiger partial charge in [-0.2, -0.15) is 5.06 Å². The van der Waals surface area contributed by atoms with Crippen LogP contribution in [0, 0.1) is 5.82 Å². The van der Waals surface area contributed by atoms with Crippen molar-refractivity contribution >= 4 is 11.8 Å². The van der Waals surface area contributed by atoms with Crippen LogP contribution in [-0.2, 0) is 9.57 Å². The van der Waals surface area contributed by atoms with Gasteiger partial charge >= 0.3 is 6.09 Å². The summed E-state index contributed by atoms with van der Waals surface area (Å²) in [6.45, 7) is 8.87. The average molecular weight is 390 g/mol. The van der Waals surface area contributed by atoms with Crippen molar-refractivity contribution < 1.29 is 18.8 Å². The van der Waals surface area contributed by atoms with E-state index in [0.717, 1.165) is 32.1 Å². The topological polar surface area (TPSA) is 42.0 Å². The Bertz CT molecular complexity index is 735. The number of nitrogens with zero attached hydrogens (tertiary/aromatic N) is 2. The molecule has 2 aliphatic heterocycles. The van der Waals surface area contributed by atoms with Gasteiger partial charge < -0.3 is 4.74 Å². The van der Waals surface area contributed by atoms with E-state index in [4.69, 9.17) is 9.57 Å². The van der Waals surface area contributed by atoms with E-state index in [0.29, 0.717) is 5.69 Å². The molecule has 6 heteroatoms. The van der Waals surface area contributed by atoms with Gasteiger partial charge in [0.25, 0.3) is 0 Å². The van der Waals surface area contributed by atoms with Crippen molar-refractivity contribution in [3.8, 4) is 0 Å². The minimum Gasteiger partial charge on any atom is -0.444 e. The summed E-state index contributed by atoms with van der Waals surface area (Å²) in [7, 11) is 0. The molecular formula is C22H31FN2O3. The number of piperidine rings is 1. The molecule has 0 radical (unpaired) electrons. The predicted molar refractivity (Wildman–Crippen MR) is 106 cm³/mol. The van der Waals surface area contributed by atoms with Crippen molar-refractivity contribution in [2.75, 3.05) is 4.90 Å². The van der Waals surface area contributed by atoms with Crippen LogP contribution >= 0.6 is 0 Å². The lowest BCUT2D eigenvalue weighted by Crippen LogP contribution is -2.62. The van der Waals surface area contributed by atoms with E-state index in [1.807, 2.05) is 0 Å². The third-order valence-corrected chi connectivity index (χ3v) is 6.49. The standard InChI is InChI=1S/C22H31FN2O3/c1-21(2)12-7-13-22(3,4)25(21)28-18-11-6-10-17-19(18)24(20(26)27-17)16-9-5-8-15(23)14-16/h5,8-9,14,17-19H,6-7,10-13H2,1-4H3/t17-,18-,19-/m1/s1. The third kappa shape index (κ3) is 3.41. The van der Waals surface area contributed by atoms with Crippen LogP contribution in [0.4, 0.5) is 14.9 Å². The molecule has 1 aliphatic carbocycles. The second-order valence-electron chi connectivity index (χ2n) is 9.61. The molecule has 5 nitrogen and oxygen atoms in total. The van der Waals surface area contributed by atoms with Crippen LogP contribution in [0.15, 0.2) is 24.3 Å². The van der Waals surface area contributed by atoms with Crippen molar-refractivity contribution in [2.24, 2.45) is 0 Å². The van der Waals surface area contributed by atoms with Crippen LogP contribution in [0.1, 0.15) is 66.2 Å². The van der Waals surface area contributed by atoms with Crippen molar-refractivity contribution in [1.29, 1.82) is 0 Å². The van der Waals surface area contributed by atoms with Crippen LogP contribution < -0.4 is 4.90 Å². The fourth-order valence-corrected chi connectivity index (χ4v) is 5.29. The molecule has 154 valence electrons. The quantitative estimate of drug-likeness (QED) is 0.725. The SMILES string of the molecule is CC1(C)CCCC(C)(C)N1O[C@@H]1CCC[C@H]2OC(=O)N(c3cccc(F)c3)[C@H]21. The molecule has 0 N–H and O–H groups in total. The Morgan fingerprint density at radius 1 is 1.11 bits per heavy atom. The molecule has 0 unspecified atom stereocenters. The molecule has 2 saturated heterocycles. The van der Waals surface area contributed by atoms with E-state index in [1.54, 1.807) is 17.0 Å². The smallest absolute Gasteiger partial charge is 0.415 e. The first-order chi connectivity index (χ1) is 13.2. The largest absolute Gasteiger partial charge is 0.444 e. The lowest BCUT2D eigenvalue weighted by molar-refractivity contribution is -0.311. The molecule has 0 bridgehead atoms. The van der Waals surface area contributed by atoms with Gasteiger partial charge in [0.15, 0.2) is 0 Å². The van der Waals surface area contributed by atoms with Crippen molar-refractivity contribution in [3.05, 3.63) is 30.1 Å². The Hall–Kier alpha value is -1.66. The highest BCUT2D eigenvalue weighted by molar-refractivity contribution is 5.91. The van der Waals surface area contributed by atoms with Crippen molar-refractivity contribution in [2.45, 2.75) is 95.5 Å². The predicted octanol–water partition coefficient (Wildman–Crippen LogP) is 5.05. The summed E-state index contributed by atoms with van der Waals surface area (Å²) in [4.78, 5) is 20.9. The summed E-state index contributed by atoms with van der Waals surface area (Å²) >= 11 is 0. The molecule has 1 aromatic rings. The highest BCUT2D eigenvalue weighted by Gasteiger charge is 2.52. The van der Waals surface area contributed by atoms with E-state index in [9.17, 15) is 9.18 Å². The normalized spacial score (nSPS) is 32.1. The van der Waals surface area contributed by atoms with Crippen LogP contribution in [0.5, 0.6) is 0 Å². The summed E-state index contributed by atoms with van der Waals surface area (Å²) in [5.74, 6) is -0.361. The minimum atomic E-state index is -0.409. The number of hydrogen-bond donors (Lipinski definition) is 0. The molecule has 1 aromatic carbocycles. The number of carbonyl (C=O) groups is 1.